The topological polar surface area (TPSA) is 29.5 Å². The van der Waals surface area contributed by atoms with E-state index in [1.54, 1.807) is 24.3 Å². The molecule has 5 heteroatoms. The molecular weight excluding hydrogens is 278 g/mol. The first-order valence-corrected chi connectivity index (χ1v) is 5.88. The molecule has 0 fully saturated rings. The summed E-state index contributed by atoms with van der Waals surface area (Å²) in [5.74, 6) is -0.305. The summed E-state index contributed by atoms with van der Waals surface area (Å²) in [4.78, 5) is 0. The number of hydrogen-bond acceptors (Lipinski definition) is 2. The van der Waals surface area contributed by atoms with E-state index < -0.39 is 5.82 Å². The van der Waals surface area contributed by atoms with Gasteiger partial charge in [-0.1, -0.05) is 29.3 Å². The lowest BCUT2D eigenvalue weighted by Gasteiger charge is -2.11. The molecule has 1 N–H and O–H groups in total. The van der Waals surface area contributed by atoms with E-state index in [-0.39, 0.29) is 17.4 Å². The summed E-state index contributed by atoms with van der Waals surface area (Å²) in [6, 6.07) is 9.18. The highest BCUT2D eigenvalue weighted by atomic mass is 35.5. The summed E-state index contributed by atoms with van der Waals surface area (Å²) in [7, 11) is 0. The van der Waals surface area contributed by atoms with Crippen molar-refractivity contribution in [1.29, 1.82) is 0 Å². The fourth-order valence-electron chi connectivity index (χ4n) is 1.45. The van der Waals surface area contributed by atoms with Crippen LogP contribution in [-0.4, -0.2) is 5.11 Å². The molecule has 0 aromatic heterocycles. The zero-order chi connectivity index (χ0) is 13.1. The van der Waals surface area contributed by atoms with Gasteiger partial charge in [0.25, 0.3) is 0 Å². The van der Waals surface area contributed by atoms with Crippen molar-refractivity contribution in [3.8, 4) is 11.5 Å². The summed E-state index contributed by atoms with van der Waals surface area (Å²) in [6.45, 7) is -0.252. The Hall–Kier alpha value is -1.29. The molecule has 0 aliphatic rings. The van der Waals surface area contributed by atoms with E-state index in [1.165, 1.54) is 12.1 Å². The number of aliphatic hydroxyl groups excluding tert-OH is 1. The third-order valence-electron chi connectivity index (χ3n) is 2.33. The normalized spacial score (nSPS) is 10.4. The van der Waals surface area contributed by atoms with Crippen LogP contribution in [0.1, 0.15) is 5.56 Å². The van der Waals surface area contributed by atoms with Crippen molar-refractivity contribution < 1.29 is 14.2 Å². The second-order valence-electron chi connectivity index (χ2n) is 3.56. The molecule has 94 valence electrons. The predicted octanol–water partition coefficient (Wildman–Crippen LogP) is 4.42. The molecular formula is C13H9Cl2FO2. The number of aliphatic hydroxyl groups is 1. The highest BCUT2D eigenvalue weighted by Crippen LogP contribution is 2.31. The van der Waals surface area contributed by atoms with E-state index in [9.17, 15) is 9.50 Å². The van der Waals surface area contributed by atoms with Crippen molar-refractivity contribution in [2.45, 2.75) is 6.61 Å². The van der Waals surface area contributed by atoms with Crippen LogP contribution in [-0.2, 0) is 6.61 Å². The van der Waals surface area contributed by atoms with Gasteiger partial charge in [0.1, 0.15) is 5.75 Å². The Kier molecular flexibility index (Phi) is 4.07. The molecule has 2 aromatic rings. The van der Waals surface area contributed by atoms with Gasteiger partial charge >= 0.3 is 0 Å². The molecule has 2 nitrogen and oxygen atoms in total. The van der Waals surface area contributed by atoms with Gasteiger partial charge in [0, 0.05) is 10.6 Å². The monoisotopic (exact) mass is 286 g/mol. The average Bonchev–Trinajstić information content (AvgIpc) is 2.37. The minimum Gasteiger partial charge on any atom is -0.454 e. The van der Waals surface area contributed by atoms with E-state index >= 15 is 0 Å². The van der Waals surface area contributed by atoms with Crippen molar-refractivity contribution >= 4 is 23.2 Å². The van der Waals surface area contributed by atoms with Crippen LogP contribution in [0.15, 0.2) is 36.4 Å². The minimum atomic E-state index is -0.641. The summed E-state index contributed by atoms with van der Waals surface area (Å²) < 4.78 is 19.0. The predicted molar refractivity (Wildman–Crippen MR) is 68.9 cm³/mol. The maximum Gasteiger partial charge on any atom is 0.184 e. The molecule has 18 heavy (non-hydrogen) atoms. The molecule has 0 spiro atoms. The Morgan fingerprint density at radius 3 is 2.61 bits per heavy atom. The zero-order valence-corrected chi connectivity index (χ0v) is 10.7. The van der Waals surface area contributed by atoms with Crippen LogP contribution in [0.5, 0.6) is 11.5 Å². The van der Waals surface area contributed by atoms with Crippen LogP contribution < -0.4 is 4.74 Å². The molecule has 0 unspecified atom stereocenters. The molecule has 0 aliphatic carbocycles. The zero-order valence-electron chi connectivity index (χ0n) is 9.16. The smallest absolute Gasteiger partial charge is 0.184 e. The lowest BCUT2D eigenvalue weighted by Crippen LogP contribution is -1.94. The Morgan fingerprint density at radius 1 is 1.11 bits per heavy atom. The summed E-state index contributed by atoms with van der Waals surface area (Å²) >= 11 is 11.4. The quantitative estimate of drug-likeness (QED) is 0.905. The minimum absolute atomic E-state index is 0.000442. The first-order valence-electron chi connectivity index (χ1n) is 5.13. The van der Waals surface area contributed by atoms with Gasteiger partial charge in [-0.05, 0) is 30.3 Å². The van der Waals surface area contributed by atoms with Gasteiger partial charge in [-0.25, -0.2) is 4.39 Å². The molecule has 0 bridgehead atoms. The average molecular weight is 287 g/mol. The molecule has 0 aliphatic heterocycles. The number of hydrogen-bond donors (Lipinski definition) is 1. The van der Waals surface area contributed by atoms with Crippen LogP contribution in [0.2, 0.25) is 10.0 Å². The number of ether oxygens (including phenoxy) is 1. The lowest BCUT2D eigenvalue weighted by molar-refractivity contribution is 0.276. The van der Waals surface area contributed by atoms with Gasteiger partial charge in [0.2, 0.25) is 0 Å². The van der Waals surface area contributed by atoms with Gasteiger partial charge in [-0.2, -0.15) is 0 Å². The van der Waals surface area contributed by atoms with Crippen LogP contribution >= 0.6 is 23.2 Å². The van der Waals surface area contributed by atoms with Crippen molar-refractivity contribution in [3.63, 3.8) is 0 Å². The maximum atomic E-state index is 13.7. The third-order valence-corrected chi connectivity index (χ3v) is 2.86. The first-order chi connectivity index (χ1) is 8.61. The highest BCUT2D eigenvalue weighted by molar-refractivity contribution is 6.31. The first kappa shape index (κ1) is 13.1. The molecule has 2 aromatic carbocycles. The molecule has 0 radical (unpaired) electrons. The SMILES string of the molecule is OCc1cc(Cl)ccc1Oc1cccc(Cl)c1F. The second-order valence-corrected chi connectivity index (χ2v) is 4.41. The van der Waals surface area contributed by atoms with Crippen molar-refractivity contribution in [2.24, 2.45) is 0 Å². The van der Waals surface area contributed by atoms with Crippen molar-refractivity contribution in [1.82, 2.24) is 0 Å². The number of halogens is 3. The van der Waals surface area contributed by atoms with Crippen molar-refractivity contribution in [3.05, 3.63) is 57.8 Å². The fraction of sp³-hybridized carbons (Fsp3) is 0.0769. The number of rotatable bonds is 3. The molecule has 2 rings (SSSR count). The van der Waals surface area contributed by atoms with Crippen molar-refractivity contribution in [2.75, 3.05) is 0 Å². The van der Waals surface area contributed by atoms with E-state index in [0.29, 0.717) is 16.3 Å². The Bertz CT molecular complexity index is 573. The third kappa shape index (κ3) is 2.75. The van der Waals surface area contributed by atoms with E-state index in [1.807, 2.05) is 0 Å². The molecule has 0 amide bonds. The summed E-state index contributed by atoms with van der Waals surface area (Å²) in [5.41, 5.74) is 0.474. The van der Waals surface area contributed by atoms with Crippen LogP contribution in [0.4, 0.5) is 4.39 Å². The molecule has 0 saturated carbocycles. The second kappa shape index (κ2) is 5.57. The van der Waals surface area contributed by atoms with Gasteiger partial charge < -0.3 is 9.84 Å². The van der Waals surface area contributed by atoms with Gasteiger partial charge in [-0.15, -0.1) is 0 Å². The lowest BCUT2D eigenvalue weighted by atomic mass is 10.2. The van der Waals surface area contributed by atoms with Gasteiger partial charge in [0.05, 0.1) is 11.6 Å². The van der Waals surface area contributed by atoms with Crippen LogP contribution in [0.3, 0.4) is 0 Å². The molecule has 0 heterocycles. The van der Waals surface area contributed by atoms with E-state index in [0.717, 1.165) is 0 Å². The van der Waals surface area contributed by atoms with Crippen LogP contribution in [0.25, 0.3) is 0 Å². The Balaban J connectivity index is 2.37. The van der Waals surface area contributed by atoms with Gasteiger partial charge in [0.15, 0.2) is 11.6 Å². The van der Waals surface area contributed by atoms with Crippen LogP contribution in [0, 0.1) is 5.82 Å². The summed E-state index contributed by atoms with van der Waals surface area (Å²) in [5, 5.41) is 9.64. The van der Waals surface area contributed by atoms with E-state index in [4.69, 9.17) is 27.9 Å². The Labute approximate surface area is 114 Å². The highest BCUT2D eigenvalue weighted by Gasteiger charge is 2.11. The molecule has 0 atom stereocenters. The molecule has 0 saturated heterocycles. The largest absolute Gasteiger partial charge is 0.454 e. The number of benzene rings is 2. The van der Waals surface area contributed by atoms with E-state index in [2.05, 4.69) is 0 Å². The summed E-state index contributed by atoms with van der Waals surface area (Å²) in [6.07, 6.45) is 0. The Morgan fingerprint density at radius 2 is 1.89 bits per heavy atom. The maximum absolute atomic E-state index is 13.7. The standard InChI is InChI=1S/C13H9Cl2FO2/c14-9-4-5-11(8(6-9)7-17)18-12-3-1-2-10(15)13(12)16/h1-6,17H,7H2. The fourth-order valence-corrected chi connectivity index (χ4v) is 1.81. The van der Waals surface area contributed by atoms with Gasteiger partial charge in [-0.3, -0.25) is 0 Å².